The molecule has 4 rings (SSSR count). The second kappa shape index (κ2) is 10.1. The van der Waals surface area contributed by atoms with Crippen LogP contribution in [-0.2, 0) is 20.2 Å². The molecule has 0 fully saturated rings. The zero-order valence-electron chi connectivity index (χ0n) is 18.8. The van der Waals surface area contributed by atoms with Gasteiger partial charge >= 0.3 is 0 Å². The summed E-state index contributed by atoms with van der Waals surface area (Å²) in [4.78, 5) is 24.5. The highest BCUT2D eigenvalue weighted by Crippen LogP contribution is 2.33. The number of hydrogen-bond donors (Lipinski definition) is 2. The van der Waals surface area contributed by atoms with Crippen LogP contribution in [0.1, 0.15) is 31.8 Å². The van der Waals surface area contributed by atoms with E-state index in [4.69, 9.17) is 4.74 Å². The van der Waals surface area contributed by atoms with Crippen LogP contribution in [0, 0.1) is 0 Å². The van der Waals surface area contributed by atoms with Crippen molar-refractivity contribution in [2.24, 2.45) is 0 Å². The molecule has 0 heterocycles. The number of ketones is 2. The van der Waals surface area contributed by atoms with Gasteiger partial charge in [0.15, 0.2) is 11.6 Å². The fraction of sp³-hybridized carbons (Fsp3) is 0. The molecule has 2 N–H and O–H groups in total. The van der Waals surface area contributed by atoms with Crippen molar-refractivity contribution >= 4 is 31.8 Å². The first-order valence-corrected chi connectivity index (χ1v) is 13.4. The highest BCUT2D eigenvalue weighted by Gasteiger charge is 2.24. The average molecular weight is 539 g/mol. The van der Waals surface area contributed by atoms with Crippen LogP contribution < -0.4 is 4.74 Å². The summed E-state index contributed by atoms with van der Waals surface area (Å²) in [6.45, 7) is 0. The maximum Gasteiger partial charge on any atom is 0.298 e. The Labute approximate surface area is 212 Å². The Morgan fingerprint density at radius 2 is 1.00 bits per heavy atom. The smallest absolute Gasteiger partial charge is 0.298 e. The molecule has 9 nitrogen and oxygen atoms in total. The Balaban J connectivity index is 1.72. The predicted octanol–water partition coefficient (Wildman–Crippen LogP) is 4.43. The zero-order chi connectivity index (χ0) is 26.8. The van der Waals surface area contributed by atoms with Gasteiger partial charge in [-0.25, -0.2) is 0 Å². The van der Waals surface area contributed by atoms with Crippen LogP contribution in [-0.4, -0.2) is 37.5 Å². The first kappa shape index (κ1) is 25.9. The maximum atomic E-state index is 13.2. The van der Waals surface area contributed by atoms with E-state index < -0.39 is 47.3 Å². The van der Waals surface area contributed by atoms with Crippen molar-refractivity contribution in [1.82, 2.24) is 0 Å². The Morgan fingerprint density at radius 1 is 0.514 bits per heavy atom. The van der Waals surface area contributed by atoms with E-state index >= 15 is 0 Å². The molecule has 0 radical (unpaired) electrons. The molecule has 188 valence electrons. The molecule has 0 aromatic heterocycles. The van der Waals surface area contributed by atoms with Gasteiger partial charge < -0.3 is 4.74 Å². The van der Waals surface area contributed by atoms with Gasteiger partial charge in [-0.1, -0.05) is 60.7 Å². The normalized spacial score (nSPS) is 11.6. The monoisotopic (exact) mass is 538 g/mol. The van der Waals surface area contributed by atoms with E-state index in [1.54, 1.807) is 36.4 Å². The van der Waals surface area contributed by atoms with Crippen LogP contribution >= 0.6 is 0 Å². The van der Waals surface area contributed by atoms with Gasteiger partial charge in [0.05, 0.1) is 0 Å². The summed E-state index contributed by atoms with van der Waals surface area (Å²) >= 11 is 0. The van der Waals surface area contributed by atoms with Crippen LogP contribution in [0.3, 0.4) is 0 Å². The van der Waals surface area contributed by atoms with Gasteiger partial charge in [0.1, 0.15) is 21.3 Å². The van der Waals surface area contributed by atoms with E-state index in [9.17, 15) is 35.5 Å². The molecular weight excluding hydrogens is 520 g/mol. The lowest BCUT2D eigenvalue weighted by Crippen LogP contribution is -2.08. The molecular formula is C26H18O9S2. The molecule has 0 amide bonds. The summed E-state index contributed by atoms with van der Waals surface area (Å²) < 4.78 is 72.0. The van der Waals surface area contributed by atoms with Gasteiger partial charge in [0.25, 0.3) is 20.2 Å². The van der Waals surface area contributed by atoms with Crippen molar-refractivity contribution in [3.8, 4) is 11.5 Å². The molecule has 37 heavy (non-hydrogen) atoms. The van der Waals surface area contributed by atoms with Crippen LogP contribution in [0.25, 0.3) is 0 Å². The fourth-order valence-corrected chi connectivity index (χ4v) is 4.78. The molecule has 0 aliphatic heterocycles. The minimum Gasteiger partial charge on any atom is -0.454 e. The summed E-state index contributed by atoms with van der Waals surface area (Å²) in [5.74, 6) is -1.84. The van der Waals surface area contributed by atoms with Crippen molar-refractivity contribution < 1.29 is 40.3 Å². The van der Waals surface area contributed by atoms with E-state index in [0.29, 0.717) is 5.56 Å². The summed E-state index contributed by atoms with van der Waals surface area (Å²) in [5.41, 5.74) is 0.613. The first-order valence-electron chi connectivity index (χ1n) is 10.6. The minimum absolute atomic E-state index is 0.0912. The molecule has 0 saturated carbocycles. The molecule has 4 aromatic rings. The Kier molecular flexibility index (Phi) is 7.05. The van der Waals surface area contributed by atoms with E-state index in [2.05, 4.69) is 0 Å². The lowest BCUT2D eigenvalue weighted by molar-refractivity contribution is 0.103. The molecule has 0 bridgehead atoms. The first-order chi connectivity index (χ1) is 17.4. The van der Waals surface area contributed by atoms with Crippen LogP contribution in [0.2, 0.25) is 0 Å². The maximum absolute atomic E-state index is 13.2. The number of hydrogen-bond acceptors (Lipinski definition) is 7. The third kappa shape index (κ3) is 5.81. The van der Waals surface area contributed by atoms with Crippen molar-refractivity contribution in [1.29, 1.82) is 0 Å². The lowest BCUT2D eigenvalue weighted by Gasteiger charge is -2.13. The molecule has 0 unspecified atom stereocenters. The van der Waals surface area contributed by atoms with E-state index in [1.165, 1.54) is 42.5 Å². The SMILES string of the molecule is O=C(c1ccccc1)c1cccc(C(=O)c2ccc(Oc3ccccc3S(=O)(=O)O)c(S(=O)(=O)O)c2)c1. The quantitative estimate of drug-likeness (QED) is 0.245. The third-order valence-electron chi connectivity index (χ3n) is 5.25. The van der Waals surface area contributed by atoms with Gasteiger partial charge in [-0.15, -0.1) is 0 Å². The minimum atomic E-state index is -4.94. The second-order valence-electron chi connectivity index (χ2n) is 7.77. The average Bonchev–Trinajstić information content (AvgIpc) is 2.88. The lowest BCUT2D eigenvalue weighted by atomic mass is 9.97. The summed E-state index contributed by atoms with van der Waals surface area (Å²) in [6, 6.07) is 22.4. The van der Waals surface area contributed by atoms with E-state index in [1.807, 2.05) is 0 Å². The van der Waals surface area contributed by atoms with Crippen LogP contribution in [0.5, 0.6) is 11.5 Å². The van der Waals surface area contributed by atoms with Gasteiger partial charge in [0.2, 0.25) is 0 Å². The number of para-hydroxylation sites is 1. The van der Waals surface area contributed by atoms with Crippen molar-refractivity contribution in [3.05, 3.63) is 119 Å². The predicted molar refractivity (Wildman–Crippen MR) is 132 cm³/mol. The Hall–Kier alpha value is -4.16. The van der Waals surface area contributed by atoms with Crippen LogP contribution in [0.4, 0.5) is 0 Å². The van der Waals surface area contributed by atoms with Crippen LogP contribution in [0.15, 0.2) is 107 Å². The Bertz CT molecular complexity index is 1730. The molecule has 0 aliphatic carbocycles. The molecule has 0 aliphatic rings. The topological polar surface area (TPSA) is 152 Å². The van der Waals surface area contributed by atoms with E-state index in [0.717, 1.165) is 18.2 Å². The number of carbonyl (C=O) groups excluding carboxylic acids is 2. The summed E-state index contributed by atoms with van der Waals surface area (Å²) in [7, 11) is -9.65. The third-order valence-corrected chi connectivity index (χ3v) is 7.02. The van der Waals surface area contributed by atoms with E-state index in [-0.39, 0.29) is 22.5 Å². The molecule has 0 atom stereocenters. The van der Waals surface area contributed by atoms with Crippen molar-refractivity contribution in [2.75, 3.05) is 0 Å². The highest BCUT2D eigenvalue weighted by atomic mass is 32.2. The van der Waals surface area contributed by atoms with Crippen molar-refractivity contribution in [2.45, 2.75) is 9.79 Å². The number of carbonyl (C=O) groups is 2. The molecule has 11 heteroatoms. The number of ether oxygens (including phenoxy) is 1. The highest BCUT2D eigenvalue weighted by molar-refractivity contribution is 7.86. The van der Waals surface area contributed by atoms with Gasteiger partial charge in [-0.3, -0.25) is 18.7 Å². The number of benzene rings is 4. The second-order valence-corrected chi connectivity index (χ2v) is 10.5. The standard InChI is InChI=1S/C26H18O9S2/c27-25(17-7-2-1-3-8-17)18-9-6-10-19(15-18)26(28)20-13-14-22(24(16-20)37(32,33)34)35-21-11-4-5-12-23(21)36(29,30)31/h1-16H,(H,29,30,31)(H,32,33,34). The fourth-order valence-electron chi connectivity index (χ4n) is 3.53. The van der Waals surface area contributed by atoms with Gasteiger partial charge in [-0.2, -0.15) is 16.8 Å². The number of rotatable bonds is 8. The van der Waals surface area contributed by atoms with Crippen molar-refractivity contribution in [3.63, 3.8) is 0 Å². The largest absolute Gasteiger partial charge is 0.454 e. The Morgan fingerprint density at radius 3 is 1.62 bits per heavy atom. The molecule has 0 spiro atoms. The summed E-state index contributed by atoms with van der Waals surface area (Å²) in [6.07, 6.45) is 0. The molecule has 4 aromatic carbocycles. The summed E-state index contributed by atoms with van der Waals surface area (Å²) in [5, 5.41) is 0. The van der Waals surface area contributed by atoms with Gasteiger partial charge in [-0.05, 0) is 36.4 Å². The van der Waals surface area contributed by atoms with Gasteiger partial charge in [0, 0.05) is 22.3 Å². The zero-order valence-corrected chi connectivity index (χ0v) is 20.4. The molecule has 0 saturated heterocycles.